The van der Waals surface area contributed by atoms with E-state index in [9.17, 15) is 18.5 Å². The van der Waals surface area contributed by atoms with Gasteiger partial charge in [-0.25, -0.2) is 18.1 Å². The van der Waals surface area contributed by atoms with E-state index in [1.165, 1.54) is 18.2 Å². The molecule has 0 fully saturated rings. The van der Waals surface area contributed by atoms with Crippen molar-refractivity contribution in [3.63, 3.8) is 0 Å². The number of rotatable bonds is 4. The third-order valence-corrected chi connectivity index (χ3v) is 3.61. The maximum atomic E-state index is 11.7. The van der Waals surface area contributed by atoms with Gasteiger partial charge in [-0.2, -0.15) is 0 Å². The van der Waals surface area contributed by atoms with Crippen LogP contribution in [-0.2, 0) is 10.0 Å². The van der Waals surface area contributed by atoms with Crippen LogP contribution in [0.5, 0.6) is 0 Å². The summed E-state index contributed by atoms with van der Waals surface area (Å²) in [5.41, 5.74) is 0.538. The Hall–Kier alpha value is -2.00. The Balaban J connectivity index is 2.54. The van der Waals surface area contributed by atoms with E-state index >= 15 is 0 Å². The van der Waals surface area contributed by atoms with Gasteiger partial charge in [-0.3, -0.25) is 10.1 Å². The summed E-state index contributed by atoms with van der Waals surface area (Å²) in [5.74, 6) is 0. The topological polar surface area (TPSA) is 118 Å². The van der Waals surface area contributed by atoms with Gasteiger partial charge in [0.1, 0.15) is 0 Å². The monoisotopic (exact) mass is 270 g/mol. The molecule has 0 unspecified atom stereocenters. The number of nitrogens with zero attached hydrogens (tertiary/aromatic N) is 2. The first kappa shape index (κ1) is 12.5. The number of fused-ring (bicyclic) bond motifs is 1. The second-order valence-corrected chi connectivity index (χ2v) is 5.18. The maximum absolute atomic E-state index is 11.7. The van der Waals surface area contributed by atoms with Crippen LogP contribution in [0.1, 0.15) is 6.92 Å². The predicted molar refractivity (Wildman–Crippen MR) is 63.6 cm³/mol. The zero-order valence-corrected chi connectivity index (χ0v) is 10.2. The molecule has 18 heavy (non-hydrogen) atoms. The summed E-state index contributed by atoms with van der Waals surface area (Å²) in [6.07, 6.45) is 0. The number of aromatic nitrogens is 2. The summed E-state index contributed by atoms with van der Waals surface area (Å²) in [4.78, 5) is 16.5. The Labute approximate surface area is 102 Å². The number of hydrogen-bond acceptors (Lipinski definition) is 5. The molecule has 0 radical (unpaired) electrons. The lowest BCUT2D eigenvalue weighted by Gasteiger charge is -1.98. The van der Waals surface area contributed by atoms with Gasteiger partial charge in [0.05, 0.1) is 16.0 Å². The van der Waals surface area contributed by atoms with E-state index in [0.717, 1.165) is 0 Å². The SMILES string of the molecule is CCNS(=O)(=O)c1nc2ccc([N+](=O)[O-])cc2[nH]1. The summed E-state index contributed by atoms with van der Waals surface area (Å²) in [6, 6.07) is 3.91. The van der Waals surface area contributed by atoms with Crippen LogP contribution in [0.3, 0.4) is 0 Å². The normalized spacial score (nSPS) is 11.8. The van der Waals surface area contributed by atoms with E-state index in [4.69, 9.17) is 0 Å². The molecule has 8 nitrogen and oxygen atoms in total. The van der Waals surface area contributed by atoms with Gasteiger partial charge in [0.2, 0.25) is 5.16 Å². The zero-order chi connectivity index (χ0) is 13.3. The van der Waals surface area contributed by atoms with Gasteiger partial charge in [0.25, 0.3) is 15.7 Å². The van der Waals surface area contributed by atoms with Gasteiger partial charge in [-0.05, 0) is 6.07 Å². The van der Waals surface area contributed by atoms with Crippen molar-refractivity contribution >= 4 is 26.7 Å². The number of non-ortho nitro benzene ring substituents is 1. The minimum atomic E-state index is -3.69. The molecular weight excluding hydrogens is 260 g/mol. The van der Waals surface area contributed by atoms with Crippen LogP contribution < -0.4 is 4.72 Å². The highest BCUT2D eigenvalue weighted by Gasteiger charge is 2.18. The van der Waals surface area contributed by atoms with Crippen molar-refractivity contribution in [2.75, 3.05) is 6.54 Å². The van der Waals surface area contributed by atoms with Crippen LogP contribution in [-0.4, -0.2) is 29.9 Å². The van der Waals surface area contributed by atoms with Crippen molar-refractivity contribution in [1.29, 1.82) is 0 Å². The highest BCUT2D eigenvalue weighted by Crippen LogP contribution is 2.20. The summed E-state index contributed by atoms with van der Waals surface area (Å²) < 4.78 is 25.6. The number of nitro groups is 1. The molecule has 0 aliphatic carbocycles. The van der Waals surface area contributed by atoms with Gasteiger partial charge < -0.3 is 4.98 Å². The molecule has 0 amide bonds. The number of H-pyrrole nitrogens is 1. The molecule has 1 aromatic heterocycles. The lowest BCUT2D eigenvalue weighted by atomic mass is 10.3. The van der Waals surface area contributed by atoms with Crippen LogP contribution >= 0.6 is 0 Å². The average molecular weight is 270 g/mol. The molecule has 0 atom stereocenters. The lowest BCUT2D eigenvalue weighted by molar-refractivity contribution is -0.384. The smallest absolute Gasteiger partial charge is 0.274 e. The van der Waals surface area contributed by atoms with E-state index < -0.39 is 14.9 Å². The van der Waals surface area contributed by atoms with E-state index in [2.05, 4.69) is 14.7 Å². The summed E-state index contributed by atoms with van der Waals surface area (Å²) in [5, 5.41) is 10.3. The minimum Gasteiger partial charge on any atom is -0.327 e. The molecule has 0 saturated carbocycles. The fourth-order valence-corrected chi connectivity index (χ4v) is 2.45. The number of nitro benzene ring substituents is 1. The molecule has 2 N–H and O–H groups in total. The molecule has 2 aromatic rings. The standard InChI is InChI=1S/C9H10N4O4S/c1-2-10-18(16,17)9-11-7-4-3-6(13(14)15)5-8(7)12-9/h3-5,10H,2H2,1H3,(H,11,12). The Morgan fingerprint density at radius 1 is 1.50 bits per heavy atom. The molecule has 0 saturated heterocycles. The Kier molecular flexibility index (Phi) is 3.01. The summed E-state index contributed by atoms with van der Waals surface area (Å²) in [6.45, 7) is 1.88. The number of benzene rings is 1. The van der Waals surface area contributed by atoms with Gasteiger partial charge in [-0.15, -0.1) is 0 Å². The number of imidazole rings is 1. The first-order valence-electron chi connectivity index (χ1n) is 5.08. The molecule has 0 aliphatic rings. The first-order valence-corrected chi connectivity index (χ1v) is 6.56. The largest absolute Gasteiger partial charge is 0.327 e. The lowest BCUT2D eigenvalue weighted by Crippen LogP contribution is -2.24. The quantitative estimate of drug-likeness (QED) is 0.628. The Morgan fingerprint density at radius 3 is 2.83 bits per heavy atom. The second kappa shape index (κ2) is 4.35. The first-order chi connectivity index (χ1) is 8.44. The molecule has 0 spiro atoms. The molecule has 96 valence electrons. The third kappa shape index (κ3) is 2.17. The predicted octanol–water partition coefficient (Wildman–Crippen LogP) is 0.769. The molecule has 2 rings (SSSR count). The Morgan fingerprint density at radius 2 is 2.22 bits per heavy atom. The summed E-state index contributed by atoms with van der Waals surface area (Å²) in [7, 11) is -3.69. The fourth-order valence-electron chi connectivity index (χ4n) is 1.47. The summed E-state index contributed by atoms with van der Waals surface area (Å²) >= 11 is 0. The van der Waals surface area contributed by atoms with Crippen molar-refractivity contribution in [3.8, 4) is 0 Å². The maximum Gasteiger partial charge on any atom is 0.274 e. The van der Waals surface area contributed by atoms with E-state index in [1.54, 1.807) is 6.92 Å². The molecule has 1 aromatic carbocycles. The second-order valence-electron chi connectivity index (χ2n) is 3.50. The number of aromatic amines is 1. The van der Waals surface area contributed by atoms with Crippen LogP contribution in [0.4, 0.5) is 5.69 Å². The highest BCUT2D eigenvalue weighted by atomic mass is 32.2. The van der Waals surface area contributed by atoms with E-state index in [-0.39, 0.29) is 17.4 Å². The van der Waals surface area contributed by atoms with Crippen molar-refractivity contribution in [3.05, 3.63) is 28.3 Å². The van der Waals surface area contributed by atoms with Crippen molar-refractivity contribution in [1.82, 2.24) is 14.7 Å². The van der Waals surface area contributed by atoms with E-state index in [1.807, 2.05) is 0 Å². The van der Waals surface area contributed by atoms with Crippen LogP contribution in [0, 0.1) is 10.1 Å². The van der Waals surface area contributed by atoms with Gasteiger partial charge in [-0.1, -0.05) is 6.92 Å². The number of sulfonamides is 1. The van der Waals surface area contributed by atoms with Crippen LogP contribution in [0.25, 0.3) is 11.0 Å². The molecule has 0 bridgehead atoms. The van der Waals surface area contributed by atoms with E-state index in [0.29, 0.717) is 11.0 Å². The minimum absolute atomic E-state index is 0.126. The van der Waals surface area contributed by atoms with Crippen molar-refractivity contribution < 1.29 is 13.3 Å². The van der Waals surface area contributed by atoms with Gasteiger partial charge in [0.15, 0.2) is 0 Å². The molecular formula is C9H10N4O4S. The van der Waals surface area contributed by atoms with Gasteiger partial charge in [0, 0.05) is 18.7 Å². The highest BCUT2D eigenvalue weighted by molar-refractivity contribution is 7.89. The van der Waals surface area contributed by atoms with Crippen LogP contribution in [0.2, 0.25) is 0 Å². The number of hydrogen-bond donors (Lipinski definition) is 2. The molecule has 0 aliphatic heterocycles. The van der Waals surface area contributed by atoms with Crippen molar-refractivity contribution in [2.24, 2.45) is 0 Å². The van der Waals surface area contributed by atoms with Crippen LogP contribution in [0.15, 0.2) is 23.4 Å². The van der Waals surface area contributed by atoms with Crippen molar-refractivity contribution in [2.45, 2.75) is 12.1 Å². The Bertz CT molecular complexity index is 706. The fraction of sp³-hybridized carbons (Fsp3) is 0.222. The molecule has 1 heterocycles. The number of nitrogens with one attached hydrogen (secondary N) is 2. The third-order valence-electron chi connectivity index (χ3n) is 2.24. The zero-order valence-electron chi connectivity index (χ0n) is 9.37. The molecule has 9 heteroatoms. The van der Waals surface area contributed by atoms with Gasteiger partial charge >= 0.3 is 0 Å². The average Bonchev–Trinajstić information content (AvgIpc) is 2.71.